The molecule has 28 heavy (non-hydrogen) atoms. The van der Waals surface area contributed by atoms with Crippen molar-refractivity contribution in [1.29, 1.82) is 0 Å². The number of hydrogen-bond acceptors (Lipinski definition) is 3. The topological polar surface area (TPSA) is 66.0 Å². The second-order valence-electron chi connectivity index (χ2n) is 7.43. The highest BCUT2D eigenvalue weighted by atomic mass is 19.2. The van der Waals surface area contributed by atoms with Crippen molar-refractivity contribution >= 4 is 12.1 Å². The molecule has 1 aliphatic heterocycles. The normalized spacial score (nSPS) is 17.6. The van der Waals surface area contributed by atoms with Crippen LogP contribution in [-0.4, -0.2) is 48.7 Å². The molecule has 0 aromatic heterocycles. The van der Waals surface area contributed by atoms with Gasteiger partial charge in [-0.3, -0.25) is 4.99 Å². The zero-order valence-electron chi connectivity index (χ0n) is 16.2. The van der Waals surface area contributed by atoms with Gasteiger partial charge >= 0.3 is 6.09 Å². The second-order valence-corrected chi connectivity index (χ2v) is 7.43. The number of carbonyl (C=O) groups excluding carboxylic acids is 1. The van der Waals surface area contributed by atoms with E-state index in [1.807, 2.05) is 0 Å². The summed E-state index contributed by atoms with van der Waals surface area (Å²) in [5.74, 6) is -5.54. The number of halogens is 4. The van der Waals surface area contributed by atoms with E-state index < -0.39 is 47.1 Å². The average molecular weight is 404 g/mol. The third-order valence-electron chi connectivity index (χ3n) is 4.05. The van der Waals surface area contributed by atoms with Gasteiger partial charge in [0.25, 0.3) is 0 Å². The van der Waals surface area contributed by atoms with Crippen molar-refractivity contribution < 1.29 is 27.1 Å². The Balaban J connectivity index is 1.96. The molecule has 6 nitrogen and oxygen atoms in total. The molecule has 0 aliphatic carbocycles. The van der Waals surface area contributed by atoms with Gasteiger partial charge in [0.05, 0.1) is 6.04 Å². The molecule has 10 heteroatoms. The average Bonchev–Trinajstić information content (AvgIpc) is 3.02. The molecule has 2 rings (SSSR count). The molecule has 1 aromatic carbocycles. The first kappa shape index (κ1) is 21.8. The van der Waals surface area contributed by atoms with Gasteiger partial charge in [0.1, 0.15) is 5.60 Å². The molecule has 0 bridgehead atoms. The largest absolute Gasteiger partial charge is 0.444 e. The van der Waals surface area contributed by atoms with Crippen LogP contribution < -0.4 is 10.6 Å². The Bertz CT molecular complexity index is 739. The van der Waals surface area contributed by atoms with Crippen molar-refractivity contribution in [3.05, 3.63) is 34.9 Å². The summed E-state index contributed by atoms with van der Waals surface area (Å²) in [4.78, 5) is 17.6. The fraction of sp³-hybridized carbons (Fsp3) is 0.556. The van der Waals surface area contributed by atoms with Gasteiger partial charge in [0, 0.05) is 38.3 Å². The Morgan fingerprint density at radius 1 is 1.25 bits per heavy atom. The van der Waals surface area contributed by atoms with E-state index in [9.17, 15) is 22.4 Å². The Morgan fingerprint density at radius 3 is 2.39 bits per heavy atom. The standard InChI is InChI=1S/C18H24F4N4O2/c1-18(2,3)28-17(27)25-10-5-6-26(9-10)16(23-4)24-8-11-14(21)12(19)7-13(20)15(11)22/h7,10H,5-6,8-9H2,1-4H3,(H,23,24)(H,25,27)/t10-/m1/s1. The smallest absolute Gasteiger partial charge is 0.407 e. The predicted octanol–water partition coefficient (Wildman–Crippen LogP) is 2.92. The van der Waals surface area contributed by atoms with E-state index in [1.54, 1.807) is 25.7 Å². The lowest BCUT2D eigenvalue weighted by Crippen LogP contribution is -2.44. The van der Waals surface area contributed by atoms with Crippen molar-refractivity contribution in [2.24, 2.45) is 4.99 Å². The Kier molecular flexibility index (Phi) is 6.73. The molecule has 1 aliphatic rings. The third-order valence-corrected chi connectivity index (χ3v) is 4.05. The van der Waals surface area contributed by atoms with Crippen LogP contribution in [0.1, 0.15) is 32.8 Å². The van der Waals surface area contributed by atoms with Gasteiger partial charge in [-0.2, -0.15) is 0 Å². The van der Waals surface area contributed by atoms with Gasteiger partial charge < -0.3 is 20.3 Å². The van der Waals surface area contributed by atoms with Crippen molar-refractivity contribution in [2.45, 2.75) is 45.4 Å². The fourth-order valence-electron chi connectivity index (χ4n) is 2.82. The zero-order valence-corrected chi connectivity index (χ0v) is 16.2. The number of nitrogens with zero attached hydrogens (tertiary/aromatic N) is 2. The lowest BCUT2D eigenvalue weighted by atomic mass is 10.2. The van der Waals surface area contributed by atoms with Crippen LogP contribution in [0, 0.1) is 23.3 Å². The number of ether oxygens (including phenoxy) is 1. The van der Waals surface area contributed by atoms with Crippen LogP contribution in [0.15, 0.2) is 11.1 Å². The monoisotopic (exact) mass is 404 g/mol. The number of aliphatic imine (C=N–C) groups is 1. The molecule has 156 valence electrons. The first-order chi connectivity index (χ1) is 13.0. The first-order valence-electron chi connectivity index (χ1n) is 8.78. The highest BCUT2D eigenvalue weighted by molar-refractivity contribution is 5.80. The minimum Gasteiger partial charge on any atom is -0.444 e. The van der Waals surface area contributed by atoms with E-state index in [2.05, 4.69) is 15.6 Å². The summed E-state index contributed by atoms with van der Waals surface area (Å²) < 4.78 is 59.4. The summed E-state index contributed by atoms with van der Waals surface area (Å²) in [6.07, 6.45) is 0.0683. The SMILES string of the molecule is CN=C(NCc1c(F)c(F)cc(F)c1F)N1CC[C@@H](NC(=O)OC(C)(C)C)C1. The van der Waals surface area contributed by atoms with Gasteiger partial charge in [-0.1, -0.05) is 0 Å². The molecular formula is C18H24F4N4O2. The van der Waals surface area contributed by atoms with Crippen LogP contribution in [0.25, 0.3) is 0 Å². The van der Waals surface area contributed by atoms with Gasteiger partial charge in [-0.25, -0.2) is 22.4 Å². The van der Waals surface area contributed by atoms with Crippen LogP contribution in [-0.2, 0) is 11.3 Å². The summed E-state index contributed by atoms with van der Waals surface area (Å²) in [7, 11) is 1.47. The van der Waals surface area contributed by atoms with E-state index in [4.69, 9.17) is 4.74 Å². The maximum absolute atomic E-state index is 13.8. The Labute approximate surface area is 160 Å². The molecule has 1 atom stereocenters. The van der Waals surface area contributed by atoms with Crippen molar-refractivity contribution in [3.8, 4) is 0 Å². The molecular weight excluding hydrogens is 380 g/mol. The summed E-state index contributed by atoms with van der Waals surface area (Å²) >= 11 is 0. The summed E-state index contributed by atoms with van der Waals surface area (Å²) in [5.41, 5.74) is -1.37. The Morgan fingerprint density at radius 2 is 1.86 bits per heavy atom. The lowest BCUT2D eigenvalue weighted by Gasteiger charge is -2.23. The number of carbonyl (C=O) groups is 1. The summed E-state index contributed by atoms with van der Waals surface area (Å²) in [6, 6.07) is -0.0374. The number of benzene rings is 1. The van der Waals surface area contributed by atoms with Crippen LogP contribution >= 0.6 is 0 Å². The van der Waals surface area contributed by atoms with Gasteiger partial charge in [0.15, 0.2) is 29.2 Å². The van der Waals surface area contributed by atoms with Crippen LogP contribution in [0.3, 0.4) is 0 Å². The number of amides is 1. The van der Waals surface area contributed by atoms with E-state index >= 15 is 0 Å². The highest BCUT2D eigenvalue weighted by Gasteiger charge is 2.28. The number of nitrogens with one attached hydrogen (secondary N) is 2. The van der Waals surface area contributed by atoms with E-state index in [0.29, 0.717) is 19.5 Å². The molecule has 1 amide bonds. The van der Waals surface area contributed by atoms with Crippen molar-refractivity contribution in [2.75, 3.05) is 20.1 Å². The third kappa shape index (κ3) is 5.49. The summed E-state index contributed by atoms with van der Waals surface area (Å²) in [6.45, 7) is 5.69. The van der Waals surface area contributed by atoms with Crippen LogP contribution in [0.5, 0.6) is 0 Å². The predicted molar refractivity (Wildman–Crippen MR) is 95.8 cm³/mol. The number of likely N-dealkylation sites (tertiary alicyclic amines) is 1. The van der Waals surface area contributed by atoms with Crippen LogP contribution in [0.2, 0.25) is 0 Å². The van der Waals surface area contributed by atoms with Gasteiger partial charge in [-0.05, 0) is 27.2 Å². The van der Waals surface area contributed by atoms with Gasteiger partial charge in [-0.15, -0.1) is 0 Å². The van der Waals surface area contributed by atoms with Crippen molar-refractivity contribution in [3.63, 3.8) is 0 Å². The number of guanidine groups is 1. The summed E-state index contributed by atoms with van der Waals surface area (Å²) in [5, 5.41) is 5.44. The molecule has 1 heterocycles. The second kappa shape index (κ2) is 8.66. The number of hydrogen-bond donors (Lipinski definition) is 2. The lowest BCUT2D eigenvalue weighted by molar-refractivity contribution is 0.0507. The maximum Gasteiger partial charge on any atom is 0.407 e. The minimum absolute atomic E-state index is 0.163. The number of rotatable bonds is 3. The first-order valence-corrected chi connectivity index (χ1v) is 8.78. The van der Waals surface area contributed by atoms with E-state index in [-0.39, 0.29) is 18.1 Å². The fourth-order valence-corrected chi connectivity index (χ4v) is 2.82. The Hall–Kier alpha value is -2.52. The molecule has 1 aromatic rings. The molecule has 1 fully saturated rings. The molecule has 0 radical (unpaired) electrons. The highest BCUT2D eigenvalue weighted by Crippen LogP contribution is 2.19. The van der Waals surface area contributed by atoms with Crippen LogP contribution in [0.4, 0.5) is 22.4 Å². The molecule has 0 saturated carbocycles. The van der Waals surface area contributed by atoms with Crippen molar-refractivity contribution in [1.82, 2.24) is 15.5 Å². The number of alkyl carbamates (subject to hydrolysis) is 1. The van der Waals surface area contributed by atoms with E-state index in [1.165, 1.54) is 7.05 Å². The molecule has 0 unspecified atom stereocenters. The van der Waals surface area contributed by atoms with E-state index in [0.717, 1.165) is 0 Å². The maximum atomic E-state index is 13.8. The van der Waals surface area contributed by atoms with Gasteiger partial charge in [0.2, 0.25) is 0 Å². The molecule has 1 saturated heterocycles. The molecule has 0 spiro atoms. The minimum atomic E-state index is -1.46. The molecule has 2 N–H and O–H groups in total. The quantitative estimate of drug-likeness (QED) is 0.352. The zero-order chi connectivity index (χ0) is 21.1.